The lowest BCUT2D eigenvalue weighted by molar-refractivity contribution is 0.591. The molecule has 0 amide bonds. The molecular weight excluding hydrogens is 238 g/mol. The van der Waals surface area contributed by atoms with Crippen LogP contribution >= 0.6 is 23.4 Å². The molecule has 2 rings (SSSR count). The minimum atomic E-state index is 0.335. The van der Waals surface area contributed by atoms with Gasteiger partial charge in [0.05, 0.1) is 0 Å². The lowest BCUT2D eigenvalue weighted by atomic mass is 10.1. The van der Waals surface area contributed by atoms with E-state index in [9.17, 15) is 0 Å². The van der Waals surface area contributed by atoms with E-state index in [0.717, 1.165) is 16.7 Å². The number of hydrogen-bond donors (Lipinski definition) is 1. The van der Waals surface area contributed by atoms with Gasteiger partial charge in [0.2, 0.25) is 0 Å². The molecule has 0 aliphatic heterocycles. The molecule has 1 unspecified atom stereocenters. The molecule has 1 aliphatic rings. The maximum atomic E-state index is 6.08. The summed E-state index contributed by atoms with van der Waals surface area (Å²) >= 11 is 7.66. The maximum absolute atomic E-state index is 6.08. The minimum absolute atomic E-state index is 0.335. The molecule has 0 radical (unpaired) electrons. The molecular formula is C13H18ClNS. The number of benzene rings is 1. The summed E-state index contributed by atoms with van der Waals surface area (Å²) in [5, 5.41) is 0.794. The Morgan fingerprint density at radius 1 is 1.31 bits per heavy atom. The molecule has 88 valence electrons. The van der Waals surface area contributed by atoms with Crippen molar-refractivity contribution < 1.29 is 0 Å². The third-order valence-electron chi connectivity index (χ3n) is 2.92. The van der Waals surface area contributed by atoms with E-state index < -0.39 is 0 Å². The van der Waals surface area contributed by atoms with Crippen molar-refractivity contribution in [3.63, 3.8) is 0 Å². The van der Waals surface area contributed by atoms with Gasteiger partial charge in [-0.05, 0) is 43.0 Å². The molecule has 1 aromatic rings. The molecule has 1 nitrogen and oxygen atoms in total. The van der Waals surface area contributed by atoms with Gasteiger partial charge in [0.15, 0.2) is 0 Å². The molecule has 0 saturated heterocycles. The van der Waals surface area contributed by atoms with Crippen LogP contribution in [0.1, 0.15) is 25.7 Å². The molecule has 1 atom stereocenters. The maximum Gasteiger partial charge on any atom is 0.0406 e. The Hall–Kier alpha value is -0.180. The average Bonchev–Trinajstić information content (AvgIpc) is 3.09. The minimum Gasteiger partial charge on any atom is -0.327 e. The number of thioether (sulfide) groups is 1. The number of hydrogen-bond acceptors (Lipinski definition) is 2. The van der Waals surface area contributed by atoms with Gasteiger partial charge in [-0.2, -0.15) is 0 Å². The van der Waals surface area contributed by atoms with Crippen LogP contribution in [0.15, 0.2) is 29.2 Å². The molecule has 1 aliphatic carbocycles. The van der Waals surface area contributed by atoms with Crippen LogP contribution in [0.5, 0.6) is 0 Å². The van der Waals surface area contributed by atoms with Crippen molar-refractivity contribution in [3.05, 3.63) is 29.3 Å². The molecule has 0 bridgehead atoms. The standard InChI is InChI=1S/C13H18ClNS/c14-11-4-7-13(8-5-11)16-9-12(15)6-3-10-1-2-10/h4-5,7-8,10,12H,1-3,6,9,15H2. The second kappa shape index (κ2) is 5.95. The van der Waals surface area contributed by atoms with Crippen LogP contribution in [0.25, 0.3) is 0 Å². The van der Waals surface area contributed by atoms with E-state index in [-0.39, 0.29) is 0 Å². The van der Waals surface area contributed by atoms with Crippen molar-refractivity contribution >= 4 is 23.4 Å². The van der Waals surface area contributed by atoms with E-state index >= 15 is 0 Å². The van der Waals surface area contributed by atoms with Crippen molar-refractivity contribution in [2.75, 3.05) is 5.75 Å². The first kappa shape index (κ1) is 12.3. The fraction of sp³-hybridized carbons (Fsp3) is 0.538. The van der Waals surface area contributed by atoms with Crippen molar-refractivity contribution in [2.45, 2.75) is 36.6 Å². The smallest absolute Gasteiger partial charge is 0.0406 e. The number of halogens is 1. The van der Waals surface area contributed by atoms with E-state index in [4.69, 9.17) is 17.3 Å². The highest BCUT2D eigenvalue weighted by molar-refractivity contribution is 7.99. The van der Waals surface area contributed by atoms with Crippen molar-refractivity contribution in [3.8, 4) is 0 Å². The molecule has 2 N–H and O–H groups in total. The summed E-state index contributed by atoms with van der Waals surface area (Å²) < 4.78 is 0. The first-order chi connectivity index (χ1) is 7.74. The number of nitrogens with two attached hydrogens (primary N) is 1. The summed E-state index contributed by atoms with van der Waals surface area (Å²) in [6.07, 6.45) is 5.35. The highest BCUT2D eigenvalue weighted by Gasteiger charge is 2.21. The van der Waals surface area contributed by atoms with Crippen LogP contribution in [0.3, 0.4) is 0 Å². The molecule has 0 heterocycles. The van der Waals surface area contributed by atoms with Crippen LogP contribution in [0, 0.1) is 5.92 Å². The topological polar surface area (TPSA) is 26.0 Å². The summed E-state index contributed by atoms with van der Waals surface area (Å²) in [4.78, 5) is 1.26. The predicted octanol–water partition coefficient (Wildman–Crippen LogP) is 3.95. The van der Waals surface area contributed by atoms with Crippen LogP contribution in [-0.4, -0.2) is 11.8 Å². The molecule has 3 heteroatoms. The Morgan fingerprint density at radius 3 is 2.62 bits per heavy atom. The monoisotopic (exact) mass is 255 g/mol. The zero-order valence-corrected chi connectivity index (χ0v) is 10.9. The Labute approximate surface area is 107 Å². The summed E-state index contributed by atoms with van der Waals surface area (Å²) in [5.74, 6) is 2.00. The van der Waals surface area contributed by atoms with E-state index in [2.05, 4.69) is 12.1 Å². The Balaban J connectivity index is 1.67. The fourth-order valence-electron chi connectivity index (χ4n) is 1.67. The summed E-state index contributed by atoms with van der Waals surface area (Å²) in [5.41, 5.74) is 6.08. The first-order valence-corrected chi connectivity index (χ1v) is 7.24. The van der Waals surface area contributed by atoms with Crippen LogP contribution < -0.4 is 5.73 Å². The van der Waals surface area contributed by atoms with Gasteiger partial charge in [0, 0.05) is 21.7 Å². The van der Waals surface area contributed by atoms with Crippen LogP contribution in [0.2, 0.25) is 5.02 Å². The third-order valence-corrected chi connectivity index (χ3v) is 4.37. The fourth-order valence-corrected chi connectivity index (χ4v) is 2.70. The predicted molar refractivity (Wildman–Crippen MR) is 72.1 cm³/mol. The highest BCUT2D eigenvalue weighted by atomic mass is 35.5. The van der Waals surface area contributed by atoms with Crippen molar-refractivity contribution in [1.82, 2.24) is 0 Å². The van der Waals surface area contributed by atoms with Gasteiger partial charge in [-0.25, -0.2) is 0 Å². The molecule has 1 aromatic carbocycles. The summed E-state index contributed by atoms with van der Waals surface area (Å²) in [7, 11) is 0. The molecule has 0 spiro atoms. The van der Waals surface area contributed by atoms with E-state index in [1.54, 1.807) is 0 Å². The summed E-state index contributed by atoms with van der Waals surface area (Å²) in [6, 6.07) is 8.31. The zero-order valence-electron chi connectivity index (χ0n) is 9.36. The Bertz CT molecular complexity index is 321. The Morgan fingerprint density at radius 2 is 2.00 bits per heavy atom. The van der Waals surface area contributed by atoms with Crippen LogP contribution in [-0.2, 0) is 0 Å². The van der Waals surface area contributed by atoms with Gasteiger partial charge >= 0.3 is 0 Å². The Kier molecular flexibility index (Phi) is 4.56. The molecule has 16 heavy (non-hydrogen) atoms. The average molecular weight is 256 g/mol. The second-order valence-corrected chi connectivity index (χ2v) is 6.08. The lowest BCUT2D eigenvalue weighted by Crippen LogP contribution is -2.22. The number of rotatable bonds is 6. The van der Waals surface area contributed by atoms with E-state index in [1.165, 1.54) is 30.6 Å². The zero-order chi connectivity index (χ0) is 11.4. The van der Waals surface area contributed by atoms with Gasteiger partial charge < -0.3 is 5.73 Å². The van der Waals surface area contributed by atoms with Crippen molar-refractivity contribution in [2.24, 2.45) is 11.7 Å². The highest BCUT2D eigenvalue weighted by Crippen LogP contribution is 2.34. The van der Waals surface area contributed by atoms with Gasteiger partial charge in [-0.1, -0.05) is 24.4 Å². The quantitative estimate of drug-likeness (QED) is 0.779. The first-order valence-electron chi connectivity index (χ1n) is 5.88. The van der Waals surface area contributed by atoms with Gasteiger partial charge in [-0.3, -0.25) is 0 Å². The largest absolute Gasteiger partial charge is 0.327 e. The van der Waals surface area contributed by atoms with Crippen LogP contribution in [0.4, 0.5) is 0 Å². The normalized spacial score (nSPS) is 17.4. The van der Waals surface area contributed by atoms with Crippen molar-refractivity contribution in [1.29, 1.82) is 0 Å². The van der Waals surface area contributed by atoms with E-state index in [1.807, 2.05) is 23.9 Å². The molecule has 0 aromatic heterocycles. The van der Waals surface area contributed by atoms with Gasteiger partial charge in [0.1, 0.15) is 0 Å². The summed E-state index contributed by atoms with van der Waals surface area (Å²) in [6.45, 7) is 0. The molecule has 1 saturated carbocycles. The third kappa shape index (κ3) is 4.36. The molecule has 1 fully saturated rings. The lowest BCUT2D eigenvalue weighted by Gasteiger charge is -2.10. The van der Waals surface area contributed by atoms with E-state index in [0.29, 0.717) is 6.04 Å². The SMILES string of the molecule is NC(CCC1CC1)CSc1ccc(Cl)cc1. The van der Waals surface area contributed by atoms with Gasteiger partial charge in [0.25, 0.3) is 0 Å². The second-order valence-electron chi connectivity index (χ2n) is 4.55. The van der Waals surface area contributed by atoms with Gasteiger partial charge in [-0.15, -0.1) is 11.8 Å².